The average Bonchev–Trinajstić information content (AvgIpc) is 2.62. The summed E-state index contributed by atoms with van der Waals surface area (Å²) in [7, 11) is 0. The molecule has 0 atom stereocenters. The van der Waals surface area contributed by atoms with Crippen molar-refractivity contribution in [2.75, 3.05) is 0 Å². The summed E-state index contributed by atoms with van der Waals surface area (Å²) in [5.74, 6) is 0.654. The molecule has 0 fully saturated rings. The van der Waals surface area contributed by atoms with Crippen molar-refractivity contribution in [2.24, 2.45) is 0 Å². The Labute approximate surface area is 142 Å². The number of aliphatic hydroxyl groups excluding tert-OH is 1. The van der Waals surface area contributed by atoms with Crippen LogP contribution in [0.15, 0.2) is 35.3 Å². The van der Waals surface area contributed by atoms with Crippen LogP contribution < -0.4 is 10.3 Å². The summed E-state index contributed by atoms with van der Waals surface area (Å²) >= 11 is 0. The smallest absolute Gasteiger partial charge is 0.258 e. The minimum absolute atomic E-state index is 0.187. The molecule has 1 aliphatic heterocycles. The second-order valence-corrected chi connectivity index (χ2v) is 5.82. The molecular formula is C18H14FN3O3. The van der Waals surface area contributed by atoms with Crippen LogP contribution in [-0.4, -0.2) is 20.1 Å². The number of nitrogens with one attached hydrogen (secondary N) is 1. The van der Waals surface area contributed by atoms with Gasteiger partial charge in [-0.3, -0.25) is 9.78 Å². The number of hydrogen-bond donors (Lipinski definition) is 2. The summed E-state index contributed by atoms with van der Waals surface area (Å²) < 4.78 is 18.9. The number of halogens is 1. The number of aryl methyl sites for hydroxylation is 1. The van der Waals surface area contributed by atoms with Crippen LogP contribution in [0.2, 0.25) is 0 Å². The molecule has 1 aliphatic rings. The van der Waals surface area contributed by atoms with Gasteiger partial charge in [0, 0.05) is 29.3 Å². The fourth-order valence-electron chi connectivity index (χ4n) is 2.88. The van der Waals surface area contributed by atoms with Gasteiger partial charge in [-0.1, -0.05) is 0 Å². The molecule has 126 valence electrons. The van der Waals surface area contributed by atoms with Crippen molar-refractivity contribution in [1.82, 2.24) is 15.0 Å². The van der Waals surface area contributed by atoms with Crippen LogP contribution in [0.4, 0.5) is 4.39 Å². The Bertz CT molecular complexity index is 1030. The van der Waals surface area contributed by atoms with Crippen molar-refractivity contribution in [3.8, 4) is 23.0 Å². The van der Waals surface area contributed by atoms with E-state index in [4.69, 9.17) is 4.74 Å². The summed E-state index contributed by atoms with van der Waals surface area (Å²) in [4.78, 5) is 23.8. The number of pyridine rings is 1. The van der Waals surface area contributed by atoms with Gasteiger partial charge >= 0.3 is 0 Å². The molecule has 3 heterocycles. The van der Waals surface area contributed by atoms with E-state index in [9.17, 15) is 14.3 Å². The van der Waals surface area contributed by atoms with Crippen molar-refractivity contribution < 1.29 is 14.2 Å². The second kappa shape index (κ2) is 5.78. The number of hydrogen-bond acceptors (Lipinski definition) is 5. The molecule has 6 nitrogen and oxygen atoms in total. The minimum Gasteiger partial charge on any atom is -0.436 e. The first-order chi connectivity index (χ1) is 12.1. The van der Waals surface area contributed by atoms with E-state index >= 15 is 0 Å². The molecule has 7 heteroatoms. The van der Waals surface area contributed by atoms with Crippen LogP contribution in [0.3, 0.4) is 0 Å². The highest BCUT2D eigenvalue weighted by Crippen LogP contribution is 2.37. The van der Waals surface area contributed by atoms with E-state index in [1.165, 1.54) is 24.3 Å². The number of nitrogens with zero attached hydrogens (tertiary/aromatic N) is 2. The number of benzene rings is 1. The Balaban J connectivity index is 1.84. The lowest BCUT2D eigenvalue weighted by atomic mass is 9.99. The van der Waals surface area contributed by atoms with E-state index in [0.29, 0.717) is 40.4 Å². The number of H-pyrrole nitrogens is 1. The van der Waals surface area contributed by atoms with Gasteiger partial charge in [0.1, 0.15) is 11.6 Å². The summed E-state index contributed by atoms with van der Waals surface area (Å²) in [5.41, 5.74) is 2.66. The maximum atomic E-state index is 13.1. The first-order valence-electron chi connectivity index (χ1n) is 7.72. The van der Waals surface area contributed by atoms with E-state index in [0.717, 1.165) is 5.56 Å². The number of aromatic amines is 1. The predicted octanol–water partition coefficient (Wildman–Crippen LogP) is 2.47. The molecule has 2 N–H and O–H groups in total. The number of aliphatic hydroxyl groups is 1. The standard InChI is InChI=1S/C18H14FN3O3/c1-9-15-13(11(8-23)7-20-9)6-14-17(24)21-16(22-18(14)25-15)10-2-4-12(19)5-3-10/h2-5,7,23H,6,8H2,1H3,(H,21,22,24). The third-order valence-electron chi connectivity index (χ3n) is 4.22. The fraction of sp³-hybridized carbons (Fsp3) is 0.167. The van der Waals surface area contributed by atoms with Crippen LogP contribution in [0.5, 0.6) is 11.6 Å². The second-order valence-electron chi connectivity index (χ2n) is 5.82. The van der Waals surface area contributed by atoms with Gasteiger partial charge in [-0.2, -0.15) is 4.98 Å². The molecule has 4 rings (SSSR count). The Morgan fingerprint density at radius 2 is 2.04 bits per heavy atom. The molecule has 0 spiro atoms. The predicted molar refractivity (Wildman–Crippen MR) is 88.0 cm³/mol. The van der Waals surface area contributed by atoms with Crippen molar-refractivity contribution in [1.29, 1.82) is 0 Å². The molecule has 0 aliphatic carbocycles. The Kier molecular flexibility index (Phi) is 3.58. The van der Waals surface area contributed by atoms with Crippen LogP contribution in [0.25, 0.3) is 11.4 Å². The quantitative estimate of drug-likeness (QED) is 0.586. The number of fused-ring (bicyclic) bond motifs is 2. The molecule has 1 aromatic carbocycles. The molecule has 0 radical (unpaired) electrons. The molecule has 3 aromatic rings. The van der Waals surface area contributed by atoms with Crippen LogP contribution in [0, 0.1) is 12.7 Å². The van der Waals surface area contributed by atoms with Gasteiger partial charge in [-0.05, 0) is 31.2 Å². The highest BCUT2D eigenvalue weighted by atomic mass is 19.1. The maximum Gasteiger partial charge on any atom is 0.258 e. The molecule has 0 unspecified atom stereocenters. The third kappa shape index (κ3) is 2.58. The number of aromatic nitrogens is 3. The van der Waals surface area contributed by atoms with Gasteiger partial charge in [0.25, 0.3) is 5.56 Å². The molecule has 0 amide bonds. The summed E-state index contributed by atoms with van der Waals surface area (Å²) in [6, 6.07) is 5.67. The van der Waals surface area contributed by atoms with Crippen molar-refractivity contribution in [2.45, 2.75) is 20.0 Å². The first kappa shape index (κ1) is 15.5. The lowest BCUT2D eigenvalue weighted by molar-refractivity contribution is 0.278. The number of ether oxygens (including phenoxy) is 1. The van der Waals surface area contributed by atoms with E-state index in [-0.39, 0.29) is 23.9 Å². The molecule has 0 saturated heterocycles. The van der Waals surface area contributed by atoms with Crippen molar-refractivity contribution in [3.63, 3.8) is 0 Å². The van der Waals surface area contributed by atoms with Gasteiger partial charge in [-0.15, -0.1) is 0 Å². The molecular weight excluding hydrogens is 325 g/mol. The molecule has 0 bridgehead atoms. The topological polar surface area (TPSA) is 88.1 Å². The van der Waals surface area contributed by atoms with Crippen molar-refractivity contribution in [3.05, 3.63) is 69.0 Å². The van der Waals surface area contributed by atoms with Gasteiger partial charge in [0.05, 0.1) is 17.9 Å². The minimum atomic E-state index is -0.368. The zero-order valence-electron chi connectivity index (χ0n) is 13.3. The van der Waals surface area contributed by atoms with E-state index < -0.39 is 0 Å². The summed E-state index contributed by atoms with van der Waals surface area (Å²) in [5, 5.41) is 9.49. The highest BCUT2D eigenvalue weighted by Gasteiger charge is 2.26. The normalized spacial score (nSPS) is 12.3. The summed E-state index contributed by atoms with van der Waals surface area (Å²) in [6.45, 7) is 1.60. The Morgan fingerprint density at radius 3 is 2.76 bits per heavy atom. The van der Waals surface area contributed by atoms with E-state index in [1.54, 1.807) is 13.1 Å². The van der Waals surface area contributed by atoms with E-state index in [1.807, 2.05) is 0 Å². The third-order valence-corrected chi connectivity index (χ3v) is 4.22. The molecule has 2 aromatic heterocycles. The summed E-state index contributed by atoms with van der Waals surface area (Å²) in [6.07, 6.45) is 1.88. The largest absolute Gasteiger partial charge is 0.436 e. The van der Waals surface area contributed by atoms with Crippen LogP contribution in [-0.2, 0) is 13.0 Å². The zero-order valence-corrected chi connectivity index (χ0v) is 13.3. The molecule has 0 saturated carbocycles. The van der Waals surface area contributed by atoms with Gasteiger partial charge in [-0.25, -0.2) is 4.39 Å². The van der Waals surface area contributed by atoms with Gasteiger partial charge in [0.2, 0.25) is 5.88 Å². The average molecular weight is 339 g/mol. The Hall–Kier alpha value is -3.06. The van der Waals surface area contributed by atoms with Gasteiger partial charge in [0.15, 0.2) is 5.75 Å². The number of rotatable bonds is 2. The van der Waals surface area contributed by atoms with Crippen LogP contribution in [0.1, 0.15) is 22.4 Å². The Morgan fingerprint density at radius 1 is 1.28 bits per heavy atom. The SMILES string of the molecule is Cc1ncc(CO)c2c1Oc1nc(-c3ccc(F)cc3)[nH]c(=O)c1C2. The molecule has 25 heavy (non-hydrogen) atoms. The van der Waals surface area contributed by atoms with Crippen LogP contribution >= 0.6 is 0 Å². The first-order valence-corrected chi connectivity index (χ1v) is 7.72. The lowest BCUT2D eigenvalue weighted by Crippen LogP contribution is -2.21. The lowest BCUT2D eigenvalue weighted by Gasteiger charge is -2.22. The van der Waals surface area contributed by atoms with Crippen molar-refractivity contribution >= 4 is 0 Å². The van der Waals surface area contributed by atoms with Gasteiger partial charge < -0.3 is 14.8 Å². The zero-order chi connectivity index (χ0) is 17.6. The highest BCUT2D eigenvalue weighted by molar-refractivity contribution is 5.58. The maximum absolute atomic E-state index is 13.1. The monoisotopic (exact) mass is 339 g/mol. The van der Waals surface area contributed by atoms with E-state index in [2.05, 4.69) is 15.0 Å². The fourth-order valence-corrected chi connectivity index (χ4v) is 2.88.